The zero-order valence-corrected chi connectivity index (χ0v) is 12.5. The van der Waals surface area contributed by atoms with Crippen LogP contribution in [0.1, 0.15) is 24.0 Å². The first-order chi connectivity index (χ1) is 8.67. The summed E-state index contributed by atoms with van der Waals surface area (Å²) < 4.78 is 5.02. The van der Waals surface area contributed by atoms with Crippen LogP contribution in [-0.2, 0) is 26.6 Å². The quantitative estimate of drug-likeness (QED) is 0.914. The van der Waals surface area contributed by atoms with E-state index < -0.39 is 0 Å². The van der Waals surface area contributed by atoms with Gasteiger partial charge in [0.05, 0.1) is 28.1 Å². The minimum Gasteiger partial charge on any atom is -0.314 e. The van der Waals surface area contributed by atoms with Gasteiger partial charge in [0.2, 0.25) is 0 Å². The Morgan fingerprint density at radius 2 is 2.22 bits per heavy atom. The maximum absolute atomic E-state index is 4.50. The topological polar surface area (TPSA) is 47.7 Å². The van der Waals surface area contributed by atoms with Crippen molar-refractivity contribution in [1.82, 2.24) is 24.9 Å². The van der Waals surface area contributed by atoms with Crippen LogP contribution in [0, 0.1) is 0 Å². The van der Waals surface area contributed by atoms with E-state index in [1.165, 1.54) is 5.69 Å². The molecule has 1 N–H and O–H groups in total. The fourth-order valence-corrected chi connectivity index (χ4v) is 2.71. The first-order valence-corrected chi connectivity index (χ1v) is 6.82. The average molecular weight is 312 g/mol. The highest BCUT2D eigenvalue weighted by atomic mass is 79.9. The van der Waals surface area contributed by atoms with Crippen LogP contribution in [0.3, 0.4) is 0 Å². The Kier molecular flexibility index (Phi) is 4.19. The van der Waals surface area contributed by atoms with Gasteiger partial charge in [-0.05, 0) is 35.5 Å². The molecule has 0 aliphatic heterocycles. The lowest BCUT2D eigenvalue weighted by molar-refractivity contribution is 0.582. The van der Waals surface area contributed by atoms with Crippen molar-refractivity contribution < 1.29 is 0 Å². The van der Waals surface area contributed by atoms with E-state index in [1.807, 2.05) is 35.7 Å². The van der Waals surface area contributed by atoms with Crippen LogP contribution in [0.5, 0.6) is 0 Å². The summed E-state index contributed by atoms with van der Waals surface area (Å²) in [5.41, 5.74) is 3.41. The van der Waals surface area contributed by atoms with E-state index in [2.05, 4.69) is 38.4 Å². The van der Waals surface area contributed by atoms with E-state index >= 15 is 0 Å². The summed E-state index contributed by atoms with van der Waals surface area (Å²) in [6.45, 7) is 3.65. The third-order valence-electron chi connectivity index (χ3n) is 2.96. The molecule has 5 nitrogen and oxygen atoms in total. The molecule has 18 heavy (non-hydrogen) atoms. The summed E-state index contributed by atoms with van der Waals surface area (Å²) >= 11 is 3.63. The lowest BCUT2D eigenvalue weighted by Gasteiger charge is -2.08. The monoisotopic (exact) mass is 311 g/mol. The number of aromatic nitrogens is 4. The van der Waals surface area contributed by atoms with E-state index in [1.54, 1.807) is 0 Å². The van der Waals surface area contributed by atoms with Gasteiger partial charge in [0, 0.05) is 19.8 Å². The Balaban J connectivity index is 2.28. The molecule has 2 aromatic heterocycles. The van der Waals surface area contributed by atoms with Crippen molar-refractivity contribution in [3.05, 3.63) is 33.8 Å². The summed E-state index contributed by atoms with van der Waals surface area (Å²) in [6, 6.07) is 2.03. The molecule has 2 heterocycles. The van der Waals surface area contributed by atoms with Crippen LogP contribution in [0.4, 0.5) is 0 Å². The number of rotatable bonds is 5. The standard InChI is InChI=1S/C12H18BrN5/c1-4-10-12(13)11(17(3)16-10)8-18-9(7-14-2)5-6-15-18/h5-6,14H,4,7-8H2,1-3H3. The SMILES string of the molecule is CCc1nn(C)c(Cn2nccc2CNC)c1Br. The van der Waals surface area contributed by atoms with Gasteiger partial charge in [-0.15, -0.1) is 0 Å². The van der Waals surface area contributed by atoms with Gasteiger partial charge in [-0.25, -0.2) is 0 Å². The van der Waals surface area contributed by atoms with Crippen LogP contribution in [0.25, 0.3) is 0 Å². The fraction of sp³-hybridized carbons (Fsp3) is 0.500. The smallest absolute Gasteiger partial charge is 0.0843 e. The minimum atomic E-state index is 0.730. The summed E-state index contributed by atoms with van der Waals surface area (Å²) in [7, 11) is 3.91. The Labute approximate surface area is 115 Å². The summed E-state index contributed by atoms with van der Waals surface area (Å²) in [5.74, 6) is 0. The molecule has 98 valence electrons. The maximum atomic E-state index is 4.50. The van der Waals surface area contributed by atoms with Gasteiger partial charge >= 0.3 is 0 Å². The Bertz CT molecular complexity index is 529. The normalized spacial score (nSPS) is 11.1. The van der Waals surface area contributed by atoms with Crippen molar-refractivity contribution in [1.29, 1.82) is 0 Å². The highest BCUT2D eigenvalue weighted by Crippen LogP contribution is 2.22. The molecule has 0 bridgehead atoms. The van der Waals surface area contributed by atoms with E-state index in [0.29, 0.717) is 0 Å². The van der Waals surface area contributed by atoms with Gasteiger partial charge in [-0.1, -0.05) is 6.92 Å². The van der Waals surface area contributed by atoms with Crippen molar-refractivity contribution in [2.75, 3.05) is 7.05 Å². The van der Waals surface area contributed by atoms with E-state index in [0.717, 1.165) is 35.4 Å². The van der Waals surface area contributed by atoms with E-state index in [9.17, 15) is 0 Å². The maximum Gasteiger partial charge on any atom is 0.0843 e. The van der Waals surface area contributed by atoms with Crippen molar-refractivity contribution in [3.8, 4) is 0 Å². The van der Waals surface area contributed by atoms with Gasteiger partial charge in [0.25, 0.3) is 0 Å². The van der Waals surface area contributed by atoms with Crippen LogP contribution in [0.15, 0.2) is 16.7 Å². The molecule has 0 aromatic carbocycles. The molecule has 0 amide bonds. The molecule has 0 saturated heterocycles. The molecule has 2 aromatic rings. The number of halogens is 1. The molecule has 0 unspecified atom stereocenters. The van der Waals surface area contributed by atoms with Crippen LogP contribution < -0.4 is 5.32 Å². The van der Waals surface area contributed by atoms with Gasteiger partial charge in [-0.3, -0.25) is 9.36 Å². The molecular weight excluding hydrogens is 294 g/mol. The van der Waals surface area contributed by atoms with Crippen LogP contribution in [-0.4, -0.2) is 26.6 Å². The lowest BCUT2D eigenvalue weighted by Crippen LogP contribution is -2.14. The number of aryl methyl sites for hydroxylation is 2. The number of hydrogen-bond donors (Lipinski definition) is 1. The van der Waals surface area contributed by atoms with Gasteiger partial charge < -0.3 is 5.32 Å². The predicted octanol–water partition coefficient (Wildman–Crippen LogP) is 1.71. The molecule has 2 rings (SSSR count). The first-order valence-electron chi connectivity index (χ1n) is 6.02. The first kappa shape index (κ1) is 13.3. The van der Waals surface area contributed by atoms with Crippen LogP contribution in [0.2, 0.25) is 0 Å². The Morgan fingerprint density at radius 3 is 2.83 bits per heavy atom. The molecule has 0 saturated carbocycles. The number of nitrogens with one attached hydrogen (secondary N) is 1. The van der Waals surface area contributed by atoms with E-state index in [4.69, 9.17) is 0 Å². The summed E-state index contributed by atoms with van der Waals surface area (Å²) in [5, 5.41) is 12.0. The highest BCUT2D eigenvalue weighted by Gasteiger charge is 2.14. The number of nitrogens with zero attached hydrogens (tertiary/aromatic N) is 4. The molecule has 0 spiro atoms. The van der Waals surface area contributed by atoms with Gasteiger partial charge in [0.1, 0.15) is 0 Å². The molecule has 0 aliphatic carbocycles. The molecule has 0 aliphatic rings. The third-order valence-corrected chi connectivity index (χ3v) is 3.88. The molecule has 0 radical (unpaired) electrons. The second kappa shape index (κ2) is 5.67. The zero-order chi connectivity index (χ0) is 13.1. The Morgan fingerprint density at radius 1 is 1.44 bits per heavy atom. The second-order valence-corrected chi connectivity index (χ2v) is 4.99. The van der Waals surface area contributed by atoms with Gasteiger partial charge in [0.15, 0.2) is 0 Å². The van der Waals surface area contributed by atoms with Crippen molar-refractivity contribution >= 4 is 15.9 Å². The summed E-state index contributed by atoms with van der Waals surface area (Å²) in [4.78, 5) is 0. The second-order valence-electron chi connectivity index (χ2n) is 4.20. The highest BCUT2D eigenvalue weighted by molar-refractivity contribution is 9.10. The molecule has 0 atom stereocenters. The zero-order valence-electron chi connectivity index (χ0n) is 10.9. The third kappa shape index (κ3) is 2.49. The van der Waals surface area contributed by atoms with Crippen molar-refractivity contribution in [2.45, 2.75) is 26.4 Å². The molecular formula is C12H18BrN5. The predicted molar refractivity (Wildman–Crippen MR) is 74.4 cm³/mol. The summed E-state index contributed by atoms with van der Waals surface area (Å²) in [6.07, 6.45) is 2.76. The van der Waals surface area contributed by atoms with Gasteiger partial charge in [-0.2, -0.15) is 10.2 Å². The number of hydrogen-bond acceptors (Lipinski definition) is 3. The molecule has 0 fully saturated rings. The van der Waals surface area contributed by atoms with E-state index in [-0.39, 0.29) is 0 Å². The van der Waals surface area contributed by atoms with Crippen molar-refractivity contribution in [2.24, 2.45) is 7.05 Å². The average Bonchev–Trinajstić information content (AvgIpc) is 2.89. The van der Waals surface area contributed by atoms with Crippen LogP contribution >= 0.6 is 15.9 Å². The lowest BCUT2D eigenvalue weighted by atomic mass is 10.3. The molecule has 6 heteroatoms. The Hall–Kier alpha value is -1.14. The fourth-order valence-electron chi connectivity index (χ4n) is 1.97. The largest absolute Gasteiger partial charge is 0.314 e. The van der Waals surface area contributed by atoms with Crippen molar-refractivity contribution in [3.63, 3.8) is 0 Å². The minimum absolute atomic E-state index is 0.730.